The van der Waals surface area contributed by atoms with Crippen LogP contribution in [0, 0.1) is 24.0 Å². The molecule has 91 heavy (non-hydrogen) atoms. The van der Waals surface area contributed by atoms with Gasteiger partial charge in [-0.3, -0.25) is 24.0 Å². The highest BCUT2D eigenvalue weighted by atomic mass is 32.1. The van der Waals surface area contributed by atoms with Crippen molar-refractivity contribution in [2.24, 2.45) is 15.6 Å². The summed E-state index contributed by atoms with van der Waals surface area (Å²) in [6.45, 7) is 13.4. The number of ether oxygens (including phenoxy) is 6. The van der Waals surface area contributed by atoms with Crippen LogP contribution in [0.1, 0.15) is 98.6 Å². The van der Waals surface area contributed by atoms with Crippen molar-refractivity contribution in [1.29, 1.82) is 0 Å². The molecule has 5 N–H and O–H groups in total. The van der Waals surface area contributed by atoms with E-state index in [1.165, 1.54) is 12.4 Å². The Morgan fingerprint density at radius 3 is 2.09 bits per heavy atom. The van der Waals surface area contributed by atoms with Gasteiger partial charge in [0.25, 0.3) is 5.91 Å². The Morgan fingerprint density at radius 1 is 0.769 bits per heavy atom. The second-order valence-corrected chi connectivity index (χ2v) is 23.3. The number of halogens is 2. The lowest BCUT2D eigenvalue weighted by molar-refractivity contribution is -0.144. The summed E-state index contributed by atoms with van der Waals surface area (Å²) >= 11 is 1.59. The standard InChI is InChI=1S/C65H88F2N12O11S/c1-47-59(91-46-74-47)49-21-19-48(20-22-49)42-71-63(83)56-17-11-29-79(56)64(84)60(65(2,3)4)76-58(81)44-90-40-39-89-38-37-88-36-35-87-34-33-86-32-31-85-30-8-6-7-18-57(80)70-24-12-28-78(5)61(55-23-25-68-45-73-55)77-75-27-26-69-51-14-9-13-50(41-51)62(82)72-43-52-53(66)15-10-16-54(52)67/h9-10,13-16,19-23,25,27,41,45-46,56,60,69H,6-8,11-12,17-18,24,26,28-40,42-44H2,1-5H3,(H,70,80)(H,71,83)(H,72,82)(H,76,81)/b75-27+,77-61-/t56-,60?/m0/s1. The van der Waals surface area contributed by atoms with Crippen molar-refractivity contribution in [2.75, 3.05) is 118 Å². The van der Waals surface area contributed by atoms with Gasteiger partial charge in [-0.15, -0.1) is 16.4 Å². The van der Waals surface area contributed by atoms with Gasteiger partial charge in [0, 0.05) is 82.0 Å². The molecule has 3 heterocycles. The maximum absolute atomic E-state index is 14.0. The first kappa shape index (κ1) is 72.3. The highest BCUT2D eigenvalue weighted by Gasteiger charge is 2.42. The van der Waals surface area contributed by atoms with Crippen molar-refractivity contribution >= 4 is 58.6 Å². The molecule has 5 amide bonds. The highest BCUT2D eigenvalue weighted by Crippen LogP contribution is 2.28. The first-order chi connectivity index (χ1) is 44.1. The molecular formula is C65H88F2N12O11S. The minimum atomic E-state index is -0.855. The van der Waals surface area contributed by atoms with Gasteiger partial charge in [-0.1, -0.05) is 63.6 Å². The number of amides is 5. The molecule has 26 heteroatoms. The molecule has 0 bridgehead atoms. The number of carbonyl (C=O) groups excluding carboxylic acids is 5. The molecule has 1 aliphatic rings. The molecule has 2 aromatic heterocycles. The van der Waals surface area contributed by atoms with Gasteiger partial charge in [0.05, 0.1) is 88.7 Å². The second kappa shape index (κ2) is 40.2. The average molecular weight is 1280 g/mol. The molecule has 0 aliphatic carbocycles. The van der Waals surface area contributed by atoms with Crippen molar-refractivity contribution in [3.05, 3.63) is 131 Å². The van der Waals surface area contributed by atoms with Crippen LogP contribution in [0.15, 0.2) is 101 Å². The average Bonchev–Trinajstić information content (AvgIpc) is 1.87. The van der Waals surface area contributed by atoms with Crippen LogP contribution in [-0.2, 0) is 60.7 Å². The van der Waals surface area contributed by atoms with E-state index in [0.29, 0.717) is 134 Å². The van der Waals surface area contributed by atoms with Crippen LogP contribution in [0.2, 0.25) is 0 Å². The van der Waals surface area contributed by atoms with Gasteiger partial charge in [-0.25, -0.2) is 23.7 Å². The number of nitrogens with zero attached hydrogens (tertiary/aromatic N) is 7. The zero-order valence-electron chi connectivity index (χ0n) is 52.9. The quantitative estimate of drug-likeness (QED) is 0.0115. The summed E-state index contributed by atoms with van der Waals surface area (Å²) in [7, 11) is 1.87. The Bertz CT molecular complexity index is 3060. The molecule has 23 nitrogen and oxygen atoms in total. The van der Waals surface area contributed by atoms with Crippen molar-refractivity contribution in [3.63, 3.8) is 0 Å². The summed E-state index contributed by atoms with van der Waals surface area (Å²) in [5, 5.41) is 23.2. The van der Waals surface area contributed by atoms with E-state index >= 15 is 0 Å². The van der Waals surface area contributed by atoms with Gasteiger partial charge < -0.3 is 64.8 Å². The SMILES string of the molecule is Cc1ncsc1-c1ccc(CNC(=O)[C@@H]2CCCN2C(=O)C(NC(=O)COCCOCCOCCOCCOCCOCCCCCC(=O)NCCCN(C)/C(=N\N=C\CNc2cccc(C(=O)NCc3c(F)cccc3F)c2)c2ccncn2)C(C)(C)C)cc1. The largest absolute Gasteiger partial charge is 0.380 e. The van der Waals surface area contributed by atoms with Crippen LogP contribution in [0.3, 0.4) is 0 Å². The van der Waals surface area contributed by atoms with Gasteiger partial charge in [-0.05, 0) is 92.0 Å². The molecule has 1 saturated heterocycles. The number of carbonyl (C=O) groups is 5. The number of unbranched alkanes of at least 4 members (excludes halogenated alkanes) is 2. The molecule has 0 spiro atoms. The molecule has 6 rings (SSSR count). The van der Waals surface area contributed by atoms with E-state index in [9.17, 15) is 32.8 Å². The van der Waals surface area contributed by atoms with E-state index in [1.807, 2.05) is 69.4 Å². The summed E-state index contributed by atoms with van der Waals surface area (Å²) in [6, 6.07) is 18.5. The van der Waals surface area contributed by atoms with E-state index in [1.54, 1.807) is 59.0 Å². The number of nitrogens with one attached hydrogen (secondary N) is 5. The minimum Gasteiger partial charge on any atom is -0.380 e. The fourth-order valence-corrected chi connectivity index (χ4v) is 10.2. The van der Waals surface area contributed by atoms with Crippen LogP contribution >= 0.6 is 11.3 Å². The number of anilines is 1. The lowest BCUT2D eigenvalue weighted by atomic mass is 9.85. The number of hydrogen-bond acceptors (Lipinski definition) is 18. The van der Waals surface area contributed by atoms with Gasteiger partial charge in [0.2, 0.25) is 23.6 Å². The summed E-state index contributed by atoms with van der Waals surface area (Å²) in [6.07, 6.45) is 9.36. The molecule has 1 unspecified atom stereocenters. The number of aryl methyl sites for hydroxylation is 1. The fourth-order valence-electron chi connectivity index (χ4n) is 9.44. The third-order valence-corrected chi connectivity index (χ3v) is 15.4. The van der Waals surface area contributed by atoms with Gasteiger partial charge in [0.1, 0.15) is 42.3 Å². The molecule has 0 saturated carbocycles. The van der Waals surface area contributed by atoms with Crippen LogP contribution in [-0.4, -0.2) is 191 Å². The number of rotatable bonds is 41. The third-order valence-electron chi connectivity index (χ3n) is 14.4. The maximum atomic E-state index is 14.0. The number of hydrogen-bond donors (Lipinski definition) is 5. The minimum absolute atomic E-state index is 0.0116. The molecule has 0 radical (unpaired) electrons. The van der Waals surface area contributed by atoms with Crippen molar-refractivity contribution in [3.8, 4) is 10.4 Å². The zero-order valence-corrected chi connectivity index (χ0v) is 53.7. The topological polar surface area (TPSA) is 271 Å². The summed E-state index contributed by atoms with van der Waals surface area (Å²) < 4.78 is 61.5. The number of thiazole rings is 1. The Kier molecular flexibility index (Phi) is 32.0. The molecular weight excluding hydrogens is 1190 g/mol. The van der Waals surface area contributed by atoms with Crippen LogP contribution in [0.5, 0.6) is 0 Å². The fraction of sp³-hybridized carbons (Fsp3) is 0.508. The summed E-state index contributed by atoms with van der Waals surface area (Å²) in [5.41, 5.74) is 5.51. The van der Waals surface area contributed by atoms with E-state index in [-0.39, 0.29) is 56.2 Å². The monoisotopic (exact) mass is 1280 g/mol. The van der Waals surface area contributed by atoms with E-state index < -0.39 is 40.9 Å². The lowest BCUT2D eigenvalue weighted by Crippen LogP contribution is -2.58. The Balaban J connectivity index is 0.701. The van der Waals surface area contributed by atoms with Crippen LogP contribution < -0.4 is 26.6 Å². The summed E-state index contributed by atoms with van der Waals surface area (Å²) in [4.78, 5) is 82.8. The molecule has 1 aliphatic heterocycles. The Hall–Kier alpha value is -7.72. The molecule has 1 fully saturated rings. The number of benzene rings is 3. The van der Waals surface area contributed by atoms with E-state index in [4.69, 9.17) is 28.4 Å². The number of amidine groups is 1. The highest BCUT2D eigenvalue weighted by molar-refractivity contribution is 7.13. The van der Waals surface area contributed by atoms with Crippen molar-refractivity contribution < 1.29 is 61.2 Å². The smallest absolute Gasteiger partial charge is 0.251 e. The maximum Gasteiger partial charge on any atom is 0.251 e. The van der Waals surface area contributed by atoms with Gasteiger partial charge >= 0.3 is 0 Å². The van der Waals surface area contributed by atoms with Crippen molar-refractivity contribution in [2.45, 2.75) is 97.8 Å². The predicted octanol–water partition coefficient (Wildman–Crippen LogP) is 6.90. The van der Waals surface area contributed by atoms with Crippen molar-refractivity contribution in [1.82, 2.24) is 46.0 Å². The normalized spacial score (nSPS) is 13.7. The van der Waals surface area contributed by atoms with Gasteiger partial charge in [-0.2, -0.15) is 5.10 Å². The second-order valence-electron chi connectivity index (χ2n) is 22.4. The molecule has 3 aromatic carbocycles. The summed E-state index contributed by atoms with van der Waals surface area (Å²) in [5.74, 6) is -2.39. The molecule has 494 valence electrons. The first-order valence-corrected chi connectivity index (χ1v) is 31.7. The van der Waals surface area contributed by atoms with Crippen LogP contribution in [0.4, 0.5) is 14.5 Å². The van der Waals surface area contributed by atoms with E-state index in [0.717, 1.165) is 53.1 Å². The first-order valence-electron chi connectivity index (χ1n) is 30.8. The third kappa shape index (κ3) is 26.2. The number of aromatic nitrogens is 3. The van der Waals surface area contributed by atoms with Crippen LogP contribution in [0.25, 0.3) is 10.4 Å². The van der Waals surface area contributed by atoms with E-state index in [2.05, 4.69) is 51.7 Å². The molecule has 5 aromatic rings. The number of likely N-dealkylation sites (tertiary alicyclic amines) is 1. The lowest BCUT2D eigenvalue weighted by Gasteiger charge is -2.35. The predicted molar refractivity (Wildman–Crippen MR) is 343 cm³/mol. The Labute approximate surface area is 535 Å². The molecule has 2 atom stereocenters. The zero-order chi connectivity index (χ0) is 65.1. The van der Waals surface area contributed by atoms with Gasteiger partial charge in [0.15, 0.2) is 5.84 Å². The Morgan fingerprint density at radius 2 is 1.44 bits per heavy atom.